The molecule has 2 aromatic carbocycles. The first-order chi connectivity index (χ1) is 21.4. The van der Waals surface area contributed by atoms with E-state index < -0.39 is 11.9 Å². The van der Waals surface area contributed by atoms with Gasteiger partial charge in [0.1, 0.15) is 18.4 Å². The quantitative estimate of drug-likeness (QED) is 0.260. The zero-order valence-corrected chi connectivity index (χ0v) is 25.9. The number of carbonyl (C=O) groups excluding carboxylic acids is 2. The van der Waals surface area contributed by atoms with Crippen molar-refractivity contribution in [1.82, 2.24) is 35.3 Å². The Hall–Kier alpha value is -4.10. The number of nitrogens with zero attached hydrogens (tertiary/aromatic N) is 6. The molecule has 238 valence electrons. The van der Waals surface area contributed by atoms with Gasteiger partial charge in [-0.05, 0) is 80.0 Å². The van der Waals surface area contributed by atoms with Crippen molar-refractivity contribution in [2.45, 2.75) is 51.8 Å². The van der Waals surface area contributed by atoms with E-state index >= 15 is 0 Å². The predicted molar refractivity (Wildman–Crippen MR) is 162 cm³/mol. The first-order valence-corrected chi connectivity index (χ1v) is 15.0. The van der Waals surface area contributed by atoms with Gasteiger partial charge >= 0.3 is 0 Å². The van der Waals surface area contributed by atoms with Gasteiger partial charge in [0.05, 0.1) is 20.3 Å². The second-order valence-corrected chi connectivity index (χ2v) is 10.5. The summed E-state index contributed by atoms with van der Waals surface area (Å²) in [5.41, 5.74) is 1.14. The molecule has 44 heavy (non-hydrogen) atoms. The van der Waals surface area contributed by atoms with Gasteiger partial charge in [-0.25, -0.2) is 4.39 Å². The standard InChI is InChI=1S/C31H42FN7O5/c1-5-37(6-2)16-8-17-38(29(22-10-13-24(32)14-11-22)31(41)33-20-25-9-7-18-44-25)28(40)21-39-35-30(34-36-39)23-12-15-26(42-3)27(19-23)43-4/h10-15,19,25,29H,5-9,16-18,20-21H2,1-4H3,(H,33,41). The summed E-state index contributed by atoms with van der Waals surface area (Å²) in [7, 11) is 3.08. The molecule has 3 aromatic rings. The lowest BCUT2D eigenvalue weighted by Crippen LogP contribution is -2.47. The van der Waals surface area contributed by atoms with Gasteiger partial charge in [0, 0.05) is 25.3 Å². The lowest BCUT2D eigenvalue weighted by Gasteiger charge is -2.32. The third kappa shape index (κ3) is 8.50. The number of rotatable bonds is 16. The lowest BCUT2D eigenvalue weighted by molar-refractivity contribution is -0.142. The number of methoxy groups -OCH3 is 2. The summed E-state index contributed by atoms with van der Waals surface area (Å²) >= 11 is 0. The van der Waals surface area contributed by atoms with Crippen LogP contribution in [0.15, 0.2) is 42.5 Å². The average molecular weight is 612 g/mol. The third-order valence-corrected chi connectivity index (χ3v) is 7.73. The number of hydrogen-bond donors (Lipinski definition) is 1. The van der Waals surface area contributed by atoms with Crippen molar-refractivity contribution in [3.8, 4) is 22.9 Å². The smallest absolute Gasteiger partial charge is 0.247 e. The molecule has 0 saturated carbocycles. The number of tetrazole rings is 1. The van der Waals surface area contributed by atoms with Crippen molar-refractivity contribution in [3.63, 3.8) is 0 Å². The number of halogens is 1. The number of aromatic nitrogens is 4. The maximum Gasteiger partial charge on any atom is 0.247 e. The lowest BCUT2D eigenvalue weighted by atomic mass is 10.0. The molecule has 0 bridgehead atoms. The highest BCUT2D eigenvalue weighted by Crippen LogP contribution is 2.31. The number of nitrogens with one attached hydrogen (secondary N) is 1. The highest BCUT2D eigenvalue weighted by Gasteiger charge is 2.32. The van der Waals surface area contributed by atoms with Crippen LogP contribution in [-0.4, -0.2) is 101 Å². The summed E-state index contributed by atoms with van der Waals surface area (Å²) in [5, 5.41) is 15.6. The Morgan fingerprint density at radius 1 is 1.09 bits per heavy atom. The highest BCUT2D eigenvalue weighted by molar-refractivity contribution is 5.88. The van der Waals surface area contributed by atoms with E-state index in [9.17, 15) is 14.0 Å². The van der Waals surface area contributed by atoms with Crippen LogP contribution in [0, 0.1) is 5.82 Å². The van der Waals surface area contributed by atoms with E-state index in [0.29, 0.717) is 54.6 Å². The zero-order chi connectivity index (χ0) is 31.5. The Kier molecular flexibility index (Phi) is 12.0. The van der Waals surface area contributed by atoms with Crippen LogP contribution >= 0.6 is 0 Å². The molecule has 2 atom stereocenters. The fourth-order valence-corrected chi connectivity index (χ4v) is 5.25. The van der Waals surface area contributed by atoms with Gasteiger partial charge in [0.15, 0.2) is 11.5 Å². The van der Waals surface area contributed by atoms with Crippen LogP contribution in [0.3, 0.4) is 0 Å². The Labute approximate surface area is 257 Å². The number of ether oxygens (including phenoxy) is 3. The van der Waals surface area contributed by atoms with Crippen LogP contribution in [0.5, 0.6) is 11.5 Å². The molecule has 4 rings (SSSR count). The minimum atomic E-state index is -0.991. The predicted octanol–water partition coefficient (Wildman–Crippen LogP) is 3.09. The summed E-state index contributed by atoms with van der Waals surface area (Å²) in [5.74, 6) is 0.206. The molecule has 0 spiro atoms. The fourth-order valence-electron chi connectivity index (χ4n) is 5.25. The first kappa shape index (κ1) is 32.8. The molecular weight excluding hydrogens is 569 g/mol. The van der Waals surface area contributed by atoms with E-state index in [1.807, 2.05) is 0 Å². The van der Waals surface area contributed by atoms with Crippen molar-refractivity contribution in [3.05, 3.63) is 53.8 Å². The minimum Gasteiger partial charge on any atom is -0.493 e. The van der Waals surface area contributed by atoms with Gasteiger partial charge in [-0.3, -0.25) is 9.59 Å². The normalized spacial score (nSPS) is 15.3. The van der Waals surface area contributed by atoms with E-state index in [0.717, 1.165) is 32.5 Å². The maximum atomic E-state index is 14.0. The molecule has 12 nitrogen and oxygen atoms in total. The van der Waals surface area contributed by atoms with Crippen LogP contribution in [-0.2, 0) is 20.9 Å². The molecule has 1 aliphatic heterocycles. The highest BCUT2D eigenvalue weighted by atomic mass is 19.1. The number of hydrogen-bond acceptors (Lipinski definition) is 9. The Morgan fingerprint density at radius 2 is 1.84 bits per heavy atom. The van der Waals surface area contributed by atoms with Crippen molar-refractivity contribution in [1.29, 1.82) is 0 Å². The minimum absolute atomic E-state index is 0.0750. The van der Waals surface area contributed by atoms with Gasteiger partial charge in [-0.15, -0.1) is 10.2 Å². The van der Waals surface area contributed by atoms with Crippen molar-refractivity contribution in [2.24, 2.45) is 0 Å². The number of benzene rings is 2. The van der Waals surface area contributed by atoms with Crippen LogP contribution in [0.2, 0.25) is 0 Å². The summed E-state index contributed by atoms with van der Waals surface area (Å²) in [6, 6.07) is 9.91. The molecule has 0 radical (unpaired) electrons. The Morgan fingerprint density at radius 3 is 2.50 bits per heavy atom. The van der Waals surface area contributed by atoms with E-state index in [2.05, 4.69) is 39.5 Å². The Bertz CT molecular complexity index is 1360. The van der Waals surface area contributed by atoms with Crippen molar-refractivity contribution >= 4 is 11.8 Å². The second kappa shape index (κ2) is 16.1. The summed E-state index contributed by atoms with van der Waals surface area (Å²) in [4.78, 5) is 32.7. The summed E-state index contributed by atoms with van der Waals surface area (Å²) in [6.45, 7) is 7.69. The van der Waals surface area contributed by atoms with E-state index in [1.165, 1.54) is 28.9 Å². The summed E-state index contributed by atoms with van der Waals surface area (Å²) in [6.07, 6.45) is 2.35. The molecule has 1 aliphatic rings. The second-order valence-electron chi connectivity index (χ2n) is 10.5. The molecule has 1 saturated heterocycles. The van der Waals surface area contributed by atoms with Crippen LogP contribution in [0.25, 0.3) is 11.4 Å². The van der Waals surface area contributed by atoms with Crippen molar-refractivity contribution < 1.29 is 28.2 Å². The molecule has 1 aromatic heterocycles. The third-order valence-electron chi connectivity index (χ3n) is 7.73. The monoisotopic (exact) mass is 611 g/mol. The van der Waals surface area contributed by atoms with Gasteiger partial charge in [0.2, 0.25) is 17.6 Å². The summed E-state index contributed by atoms with van der Waals surface area (Å²) < 4.78 is 30.3. The first-order valence-electron chi connectivity index (χ1n) is 15.0. The molecule has 13 heteroatoms. The molecule has 1 fully saturated rings. The van der Waals surface area contributed by atoms with E-state index in [1.54, 1.807) is 37.4 Å². The zero-order valence-electron chi connectivity index (χ0n) is 25.9. The van der Waals surface area contributed by atoms with Crippen LogP contribution in [0.1, 0.15) is 44.7 Å². The van der Waals surface area contributed by atoms with Gasteiger partial charge < -0.3 is 29.3 Å². The molecule has 2 heterocycles. The number of amides is 2. The van der Waals surface area contributed by atoms with Gasteiger partial charge in [-0.1, -0.05) is 26.0 Å². The SMILES string of the molecule is CCN(CC)CCCN(C(=O)Cn1nnc(-c2ccc(OC)c(OC)c2)n1)C(C(=O)NCC1CCCO1)c1ccc(F)cc1. The molecule has 2 amide bonds. The van der Waals surface area contributed by atoms with E-state index in [-0.39, 0.29) is 24.5 Å². The number of carbonyl (C=O) groups is 2. The molecule has 2 unspecified atom stereocenters. The van der Waals surface area contributed by atoms with Crippen LogP contribution in [0.4, 0.5) is 4.39 Å². The maximum absolute atomic E-state index is 14.0. The van der Waals surface area contributed by atoms with Gasteiger partial charge in [-0.2, -0.15) is 4.80 Å². The molecule has 1 N–H and O–H groups in total. The van der Waals surface area contributed by atoms with Crippen LogP contribution < -0.4 is 14.8 Å². The van der Waals surface area contributed by atoms with Gasteiger partial charge in [0.25, 0.3) is 0 Å². The Balaban J connectivity index is 1.59. The van der Waals surface area contributed by atoms with Crippen molar-refractivity contribution in [2.75, 3.05) is 53.6 Å². The van der Waals surface area contributed by atoms with E-state index in [4.69, 9.17) is 14.2 Å². The fraction of sp³-hybridized carbons (Fsp3) is 0.516. The topological polar surface area (TPSA) is 124 Å². The largest absolute Gasteiger partial charge is 0.493 e. The average Bonchev–Trinajstić information content (AvgIpc) is 3.74. The molecular formula is C31H42FN7O5. The molecule has 0 aliphatic carbocycles.